The van der Waals surface area contributed by atoms with Crippen molar-refractivity contribution in [1.29, 1.82) is 5.26 Å². The number of furan rings is 1. The summed E-state index contributed by atoms with van der Waals surface area (Å²) >= 11 is 0. The molecule has 2 heterocycles. The number of aromatic amines is 1. The number of ketones is 1. The zero-order chi connectivity index (χ0) is 18.8. The van der Waals surface area contributed by atoms with Crippen molar-refractivity contribution in [3.05, 3.63) is 64.2 Å². The van der Waals surface area contributed by atoms with Crippen LogP contribution in [0.5, 0.6) is 0 Å². The second-order valence-electron chi connectivity index (χ2n) is 5.78. The number of nitriles is 1. The van der Waals surface area contributed by atoms with Gasteiger partial charge in [0.15, 0.2) is 0 Å². The third-order valence-electron chi connectivity index (χ3n) is 4.11. The van der Waals surface area contributed by atoms with Crippen LogP contribution in [0.2, 0.25) is 0 Å². The van der Waals surface area contributed by atoms with Crippen molar-refractivity contribution in [2.45, 2.75) is 13.8 Å². The number of methoxy groups -OCH3 is 1. The van der Waals surface area contributed by atoms with Gasteiger partial charge in [-0.1, -0.05) is 18.2 Å². The molecule has 0 spiro atoms. The Morgan fingerprint density at radius 2 is 2.00 bits per heavy atom. The van der Waals surface area contributed by atoms with E-state index >= 15 is 0 Å². The zero-order valence-corrected chi connectivity index (χ0v) is 14.5. The standard InChI is InChI=1S/C20H16N2O4/c1-11-18(15-6-4-5-7-17(15)22-11)19(23)13(10-21)8-14-9-16(12(2)26-14)20(24)25-3/h4-9,22H,1-3H3/b13-8+. The number of allylic oxidation sites excluding steroid dienone is 1. The molecule has 0 atom stereocenters. The van der Waals surface area contributed by atoms with Crippen LogP contribution in [0.1, 0.15) is 37.9 Å². The number of rotatable bonds is 4. The molecule has 0 saturated heterocycles. The van der Waals surface area contributed by atoms with Crippen molar-refractivity contribution in [3.8, 4) is 6.07 Å². The van der Waals surface area contributed by atoms with Crippen molar-refractivity contribution >= 4 is 28.7 Å². The summed E-state index contributed by atoms with van der Waals surface area (Å²) in [5.74, 6) is -0.347. The molecular weight excluding hydrogens is 332 g/mol. The fourth-order valence-electron chi connectivity index (χ4n) is 2.88. The van der Waals surface area contributed by atoms with Crippen LogP contribution in [-0.2, 0) is 4.74 Å². The van der Waals surface area contributed by atoms with Gasteiger partial charge in [-0.15, -0.1) is 0 Å². The highest BCUT2D eigenvalue weighted by atomic mass is 16.5. The molecule has 0 saturated carbocycles. The first-order valence-electron chi connectivity index (χ1n) is 7.88. The second kappa shape index (κ2) is 6.73. The number of ether oxygens (including phenoxy) is 1. The van der Waals surface area contributed by atoms with Crippen molar-refractivity contribution in [2.24, 2.45) is 0 Å². The number of para-hydroxylation sites is 1. The Balaban J connectivity index is 2.05. The Labute approximate surface area is 149 Å². The minimum Gasteiger partial charge on any atom is -0.465 e. The number of Topliss-reactive ketones (excluding diaryl/α,β-unsaturated/α-hetero) is 1. The third-order valence-corrected chi connectivity index (χ3v) is 4.11. The summed E-state index contributed by atoms with van der Waals surface area (Å²) in [5, 5.41) is 10.2. The van der Waals surface area contributed by atoms with Crippen LogP contribution in [0.3, 0.4) is 0 Å². The van der Waals surface area contributed by atoms with E-state index in [-0.39, 0.29) is 16.9 Å². The molecule has 6 heteroatoms. The Morgan fingerprint density at radius 1 is 1.27 bits per heavy atom. The molecule has 1 N–H and O–H groups in total. The van der Waals surface area contributed by atoms with Crippen molar-refractivity contribution < 1.29 is 18.7 Å². The Morgan fingerprint density at radius 3 is 2.69 bits per heavy atom. The Bertz CT molecular complexity index is 1090. The number of esters is 1. The maximum Gasteiger partial charge on any atom is 0.341 e. The molecule has 0 radical (unpaired) electrons. The molecule has 26 heavy (non-hydrogen) atoms. The number of fused-ring (bicyclic) bond motifs is 1. The van der Waals surface area contributed by atoms with Gasteiger partial charge in [-0.05, 0) is 26.0 Å². The number of hydrogen-bond acceptors (Lipinski definition) is 5. The van der Waals surface area contributed by atoms with Crippen molar-refractivity contribution in [3.63, 3.8) is 0 Å². The van der Waals surface area contributed by atoms with E-state index in [9.17, 15) is 14.9 Å². The van der Waals surface area contributed by atoms with Crippen molar-refractivity contribution in [1.82, 2.24) is 4.98 Å². The quantitative estimate of drug-likeness (QED) is 0.333. The number of nitrogens with one attached hydrogen (secondary N) is 1. The van der Waals surface area contributed by atoms with E-state index in [2.05, 4.69) is 9.72 Å². The SMILES string of the molecule is COC(=O)c1cc(/C=C(\C#N)C(=O)c2c(C)[nH]c3ccccc23)oc1C. The van der Waals surface area contributed by atoms with Gasteiger partial charge < -0.3 is 14.1 Å². The summed E-state index contributed by atoms with van der Waals surface area (Å²) < 4.78 is 10.1. The Kier molecular flexibility index (Phi) is 4.46. The number of benzene rings is 1. The summed E-state index contributed by atoms with van der Waals surface area (Å²) in [6, 6.07) is 10.8. The topological polar surface area (TPSA) is 96.1 Å². The third kappa shape index (κ3) is 2.91. The summed E-state index contributed by atoms with van der Waals surface area (Å²) in [6.45, 7) is 3.40. The van der Waals surface area contributed by atoms with Gasteiger partial charge in [0.2, 0.25) is 5.78 Å². The highest BCUT2D eigenvalue weighted by Crippen LogP contribution is 2.26. The van der Waals surface area contributed by atoms with E-state index in [4.69, 9.17) is 4.42 Å². The van der Waals surface area contributed by atoms with E-state index in [1.807, 2.05) is 30.3 Å². The van der Waals surface area contributed by atoms with Gasteiger partial charge in [0.1, 0.15) is 28.7 Å². The van der Waals surface area contributed by atoms with Gasteiger partial charge in [-0.2, -0.15) is 5.26 Å². The first-order valence-corrected chi connectivity index (χ1v) is 7.88. The van der Waals surface area contributed by atoms with Crippen LogP contribution in [0.4, 0.5) is 0 Å². The lowest BCUT2D eigenvalue weighted by Crippen LogP contribution is -2.03. The van der Waals surface area contributed by atoms with E-state index < -0.39 is 11.8 Å². The Hall–Kier alpha value is -3.59. The second-order valence-corrected chi connectivity index (χ2v) is 5.78. The van der Waals surface area contributed by atoms with E-state index in [1.165, 1.54) is 19.3 Å². The summed E-state index contributed by atoms with van der Waals surface area (Å²) in [6.07, 6.45) is 1.34. The molecule has 0 aliphatic carbocycles. The smallest absolute Gasteiger partial charge is 0.341 e. The van der Waals surface area contributed by atoms with Crippen molar-refractivity contribution in [2.75, 3.05) is 7.11 Å². The van der Waals surface area contributed by atoms with Crippen LogP contribution >= 0.6 is 0 Å². The number of carbonyl (C=O) groups is 2. The predicted molar refractivity (Wildman–Crippen MR) is 95.7 cm³/mol. The molecule has 0 fully saturated rings. The summed E-state index contributed by atoms with van der Waals surface area (Å²) in [5.41, 5.74) is 2.13. The van der Waals surface area contributed by atoms with Gasteiger partial charge in [0, 0.05) is 22.7 Å². The lowest BCUT2D eigenvalue weighted by Gasteiger charge is -1.99. The number of aromatic nitrogens is 1. The van der Waals surface area contributed by atoms with Crippen LogP contribution in [-0.4, -0.2) is 23.8 Å². The minimum atomic E-state index is -0.539. The molecule has 0 amide bonds. The highest BCUT2D eigenvalue weighted by Gasteiger charge is 2.21. The fourth-order valence-corrected chi connectivity index (χ4v) is 2.88. The molecule has 0 unspecified atom stereocenters. The lowest BCUT2D eigenvalue weighted by atomic mass is 10.0. The average molecular weight is 348 g/mol. The number of aryl methyl sites for hydroxylation is 2. The highest BCUT2D eigenvalue weighted by molar-refractivity contribution is 6.20. The van der Waals surface area contributed by atoms with E-state index in [0.717, 1.165) is 10.9 Å². The lowest BCUT2D eigenvalue weighted by molar-refractivity contribution is 0.0598. The van der Waals surface area contributed by atoms with Crippen LogP contribution < -0.4 is 0 Å². The molecule has 0 aliphatic rings. The normalized spacial score (nSPS) is 11.4. The molecule has 3 rings (SSSR count). The number of carbonyl (C=O) groups excluding carboxylic acids is 2. The predicted octanol–water partition coefficient (Wildman–Crippen LogP) is 3.95. The van der Waals surface area contributed by atoms with Gasteiger partial charge in [0.05, 0.1) is 12.7 Å². The average Bonchev–Trinajstić information content (AvgIpc) is 3.17. The maximum atomic E-state index is 12.9. The molecule has 3 aromatic rings. The molecular formula is C20H16N2O4. The van der Waals surface area contributed by atoms with Crippen LogP contribution in [0.15, 0.2) is 40.3 Å². The number of nitrogens with zero attached hydrogens (tertiary/aromatic N) is 1. The van der Waals surface area contributed by atoms with Gasteiger partial charge >= 0.3 is 5.97 Å². The van der Waals surface area contributed by atoms with Gasteiger partial charge in [-0.3, -0.25) is 4.79 Å². The molecule has 130 valence electrons. The maximum absolute atomic E-state index is 12.9. The van der Waals surface area contributed by atoms with E-state index in [1.54, 1.807) is 13.8 Å². The summed E-state index contributed by atoms with van der Waals surface area (Å²) in [4.78, 5) is 27.7. The fraction of sp³-hybridized carbons (Fsp3) is 0.150. The molecule has 0 aliphatic heterocycles. The zero-order valence-electron chi connectivity index (χ0n) is 14.5. The largest absolute Gasteiger partial charge is 0.465 e. The van der Waals surface area contributed by atoms with Crippen LogP contribution in [0.25, 0.3) is 17.0 Å². The monoisotopic (exact) mass is 348 g/mol. The molecule has 1 aromatic carbocycles. The summed E-state index contributed by atoms with van der Waals surface area (Å²) in [7, 11) is 1.27. The molecule has 0 bridgehead atoms. The van der Waals surface area contributed by atoms with E-state index in [0.29, 0.717) is 17.0 Å². The van der Waals surface area contributed by atoms with Crippen LogP contribution in [0, 0.1) is 25.2 Å². The first-order chi connectivity index (χ1) is 12.5. The minimum absolute atomic E-state index is 0.0805. The number of H-pyrrole nitrogens is 1. The van der Waals surface area contributed by atoms with Gasteiger partial charge in [-0.25, -0.2) is 4.79 Å². The molecule has 2 aromatic heterocycles. The first kappa shape index (κ1) is 17.2. The number of hydrogen-bond donors (Lipinski definition) is 1. The van der Waals surface area contributed by atoms with Gasteiger partial charge in [0.25, 0.3) is 0 Å². The molecule has 6 nitrogen and oxygen atoms in total.